The number of carbonyl (C=O) groups excluding carboxylic acids is 1. The van der Waals surface area contributed by atoms with Gasteiger partial charge >= 0.3 is 0 Å². The smallest absolute Gasteiger partial charge is 0.256 e. The lowest BCUT2D eigenvalue weighted by Crippen LogP contribution is -2.47. The fourth-order valence-corrected chi connectivity index (χ4v) is 5.12. The van der Waals surface area contributed by atoms with E-state index in [9.17, 15) is 9.18 Å². The molecule has 2 aliphatic rings. The number of nitrogens with zero attached hydrogens (tertiary/aromatic N) is 3. The Balaban J connectivity index is 1.35. The van der Waals surface area contributed by atoms with Gasteiger partial charge in [0.15, 0.2) is 0 Å². The predicted octanol–water partition coefficient (Wildman–Crippen LogP) is 4.39. The molecule has 3 aromatic rings. The molecule has 0 spiro atoms. The highest BCUT2D eigenvalue weighted by Gasteiger charge is 2.43. The Morgan fingerprint density at radius 1 is 1.04 bits per heavy atom. The van der Waals surface area contributed by atoms with Crippen molar-refractivity contribution < 1.29 is 9.18 Å². The number of fused-ring (bicyclic) bond motifs is 3. The Labute approximate surface area is 163 Å². The minimum Gasteiger partial charge on any atom is -0.333 e. The number of piperidine rings is 1. The highest BCUT2D eigenvalue weighted by atomic mass is 19.1. The minimum atomic E-state index is -0.462. The molecule has 2 fully saturated rings. The topological polar surface area (TPSA) is 46.1 Å². The van der Waals surface area contributed by atoms with Crippen LogP contribution in [-0.2, 0) is 6.42 Å². The predicted molar refractivity (Wildman–Crippen MR) is 105 cm³/mol. The number of hydrogen-bond donors (Lipinski definition) is 0. The van der Waals surface area contributed by atoms with Crippen LogP contribution in [0.25, 0.3) is 10.8 Å². The van der Waals surface area contributed by atoms with Gasteiger partial charge in [0.05, 0.1) is 11.8 Å². The molecule has 0 saturated carbocycles. The van der Waals surface area contributed by atoms with Crippen LogP contribution in [0.2, 0.25) is 0 Å². The van der Waals surface area contributed by atoms with Crippen molar-refractivity contribution in [3.8, 4) is 0 Å². The van der Waals surface area contributed by atoms with Gasteiger partial charge < -0.3 is 4.90 Å². The van der Waals surface area contributed by atoms with E-state index in [1.54, 1.807) is 0 Å². The molecule has 28 heavy (non-hydrogen) atoms. The monoisotopic (exact) mass is 375 g/mol. The second kappa shape index (κ2) is 6.97. The Kier molecular flexibility index (Phi) is 4.30. The lowest BCUT2D eigenvalue weighted by Gasteiger charge is -2.39. The molecular formula is C23H22FN3O. The van der Waals surface area contributed by atoms with Gasteiger partial charge in [0, 0.05) is 36.1 Å². The molecule has 4 nitrogen and oxygen atoms in total. The van der Waals surface area contributed by atoms with Gasteiger partial charge in [-0.3, -0.25) is 14.8 Å². The van der Waals surface area contributed by atoms with Crippen molar-refractivity contribution in [1.29, 1.82) is 0 Å². The summed E-state index contributed by atoms with van der Waals surface area (Å²) in [6.45, 7) is 0. The summed E-state index contributed by atoms with van der Waals surface area (Å²) in [7, 11) is 0. The van der Waals surface area contributed by atoms with E-state index in [1.165, 1.54) is 28.6 Å². The van der Waals surface area contributed by atoms with Gasteiger partial charge in [0.1, 0.15) is 5.82 Å². The minimum absolute atomic E-state index is 0.0789. The molecule has 1 aromatic carbocycles. The van der Waals surface area contributed by atoms with Crippen molar-refractivity contribution >= 4 is 16.7 Å². The van der Waals surface area contributed by atoms with Crippen molar-refractivity contribution in [2.24, 2.45) is 5.92 Å². The molecule has 2 aromatic heterocycles. The van der Waals surface area contributed by atoms with Crippen LogP contribution in [0, 0.1) is 11.7 Å². The quantitative estimate of drug-likeness (QED) is 0.682. The van der Waals surface area contributed by atoms with Crippen LogP contribution >= 0.6 is 0 Å². The second-order valence-corrected chi connectivity index (χ2v) is 8.05. The third-order valence-electron chi connectivity index (χ3n) is 6.28. The van der Waals surface area contributed by atoms with E-state index >= 15 is 0 Å². The summed E-state index contributed by atoms with van der Waals surface area (Å²) >= 11 is 0. The molecule has 2 saturated heterocycles. The third kappa shape index (κ3) is 3.05. The normalized spacial score (nSPS) is 23.9. The molecule has 5 rings (SSSR count). The maximum Gasteiger partial charge on any atom is 0.256 e. The second-order valence-electron chi connectivity index (χ2n) is 8.05. The van der Waals surface area contributed by atoms with E-state index in [0.717, 1.165) is 38.3 Å². The molecule has 0 radical (unpaired) electrons. The van der Waals surface area contributed by atoms with E-state index in [4.69, 9.17) is 0 Å². The summed E-state index contributed by atoms with van der Waals surface area (Å²) in [6.07, 6.45) is 11.5. The molecule has 0 aliphatic carbocycles. The van der Waals surface area contributed by atoms with Crippen LogP contribution in [0.5, 0.6) is 0 Å². The number of carbonyl (C=O) groups is 1. The van der Waals surface area contributed by atoms with Gasteiger partial charge in [0.25, 0.3) is 5.91 Å². The number of halogens is 1. The fraction of sp³-hybridized carbons (Fsp3) is 0.348. The largest absolute Gasteiger partial charge is 0.333 e. The molecule has 0 N–H and O–H groups in total. The summed E-state index contributed by atoms with van der Waals surface area (Å²) in [6, 6.07) is 10.1. The Morgan fingerprint density at radius 3 is 2.57 bits per heavy atom. The maximum absolute atomic E-state index is 13.5. The van der Waals surface area contributed by atoms with Crippen molar-refractivity contribution in [1.82, 2.24) is 14.9 Å². The summed E-state index contributed by atoms with van der Waals surface area (Å²) in [5.74, 6) is 0.00102. The Hall–Kier alpha value is -2.82. The zero-order valence-electron chi connectivity index (χ0n) is 15.6. The first kappa shape index (κ1) is 17.3. The van der Waals surface area contributed by atoms with E-state index in [-0.39, 0.29) is 18.0 Å². The van der Waals surface area contributed by atoms with Crippen LogP contribution in [0.3, 0.4) is 0 Å². The molecule has 4 heterocycles. The first-order chi connectivity index (χ1) is 13.7. The van der Waals surface area contributed by atoms with Crippen LogP contribution in [-0.4, -0.2) is 32.9 Å². The number of amides is 1. The van der Waals surface area contributed by atoms with Crippen LogP contribution in [0.4, 0.5) is 4.39 Å². The number of hydrogen-bond acceptors (Lipinski definition) is 3. The summed E-state index contributed by atoms with van der Waals surface area (Å²) in [4.78, 5) is 23.2. The van der Waals surface area contributed by atoms with E-state index in [1.807, 2.05) is 23.4 Å². The van der Waals surface area contributed by atoms with Crippen molar-refractivity contribution in [3.05, 3.63) is 72.1 Å². The van der Waals surface area contributed by atoms with Crippen molar-refractivity contribution in [2.75, 3.05) is 0 Å². The number of rotatable bonds is 3. The van der Waals surface area contributed by atoms with E-state index in [2.05, 4.69) is 28.2 Å². The maximum atomic E-state index is 13.5. The van der Waals surface area contributed by atoms with E-state index in [0.29, 0.717) is 11.5 Å². The zero-order valence-corrected chi connectivity index (χ0v) is 15.6. The van der Waals surface area contributed by atoms with Gasteiger partial charge in [-0.1, -0.05) is 24.3 Å². The van der Waals surface area contributed by atoms with Crippen LogP contribution in [0.15, 0.2) is 55.1 Å². The Bertz CT molecular complexity index is 1020. The first-order valence-electron chi connectivity index (χ1n) is 9.94. The summed E-state index contributed by atoms with van der Waals surface area (Å²) in [5.41, 5.74) is 1.64. The van der Waals surface area contributed by atoms with E-state index < -0.39 is 5.82 Å². The number of benzene rings is 1. The average molecular weight is 375 g/mol. The van der Waals surface area contributed by atoms with Crippen molar-refractivity contribution in [2.45, 2.75) is 44.2 Å². The molecule has 1 amide bonds. The molecule has 2 atom stereocenters. The molecule has 142 valence electrons. The molecule has 2 bridgehead atoms. The third-order valence-corrected chi connectivity index (χ3v) is 6.28. The molecule has 2 aliphatic heterocycles. The van der Waals surface area contributed by atoms with Crippen LogP contribution in [0.1, 0.15) is 41.6 Å². The SMILES string of the molecule is O=C(c1cncc(F)c1)N1C2CCC1CC(Cc1cncc3ccccc13)C2. The van der Waals surface area contributed by atoms with Gasteiger partial charge in [-0.15, -0.1) is 0 Å². The Morgan fingerprint density at radius 2 is 1.79 bits per heavy atom. The fourth-order valence-electron chi connectivity index (χ4n) is 5.12. The zero-order chi connectivity index (χ0) is 19.1. The standard InChI is InChI=1S/C23H22FN3O/c24-19-10-18(13-26-14-19)23(28)27-20-5-6-21(27)9-15(8-20)7-17-12-25-11-16-3-1-2-4-22(16)17/h1-4,10-15,20-21H,5-9H2. The van der Waals surface area contributed by atoms with Crippen LogP contribution < -0.4 is 0 Å². The summed E-state index contributed by atoms with van der Waals surface area (Å²) in [5, 5.41) is 2.45. The first-order valence-corrected chi connectivity index (χ1v) is 9.94. The van der Waals surface area contributed by atoms with Crippen molar-refractivity contribution in [3.63, 3.8) is 0 Å². The van der Waals surface area contributed by atoms with Gasteiger partial charge in [-0.25, -0.2) is 4.39 Å². The average Bonchev–Trinajstić information content (AvgIpc) is 2.98. The van der Waals surface area contributed by atoms with Gasteiger partial charge in [0.2, 0.25) is 0 Å². The van der Waals surface area contributed by atoms with Gasteiger partial charge in [-0.2, -0.15) is 0 Å². The lowest BCUT2D eigenvalue weighted by molar-refractivity contribution is 0.0524. The number of aromatic nitrogens is 2. The highest BCUT2D eigenvalue weighted by molar-refractivity contribution is 5.94. The van der Waals surface area contributed by atoms with Gasteiger partial charge in [-0.05, 0) is 55.0 Å². The molecular weight excluding hydrogens is 353 g/mol. The number of pyridine rings is 2. The molecule has 2 unspecified atom stereocenters. The summed E-state index contributed by atoms with van der Waals surface area (Å²) < 4.78 is 13.5. The lowest BCUT2D eigenvalue weighted by atomic mass is 9.85. The highest BCUT2D eigenvalue weighted by Crippen LogP contribution is 2.41. The molecule has 5 heteroatoms.